The smallest absolute Gasteiger partial charge is 0.134 e. The summed E-state index contributed by atoms with van der Waals surface area (Å²) < 4.78 is 33.3. The fourth-order valence-electron chi connectivity index (χ4n) is 2.17. The van der Waals surface area contributed by atoms with Crippen LogP contribution in [0.3, 0.4) is 0 Å². The van der Waals surface area contributed by atoms with E-state index in [0.717, 1.165) is 12.1 Å². The van der Waals surface area contributed by atoms with E-state index in [-0.39, 0.29) is 11.3 Å². The number of halogens is 4. The Labute approximate surface area is 131 Å². The lowest BCUT2D eigenvalue weighted by atomic mass is 9.97. The maximum absolute atomic E-state index is 14.2. The summed E-state index contributed by atoms with van der Waals surface area (Å²) in [5, 5.41) is 3.51. The number of rotatable bonds is 4. The number of methoxy groups -OCH3 is 1. The van der Waals surface area contributed by atoms with Gasteiger partial charge in [0.25, 0.3) is 0 Å². The van der Waals surface area contributed by atoms with Gasteiger partial charge in [-0.25, -0.2) is 8.78 Å². The molecule has 0 bridgehead atoms. The second kappa shape index (κ2) is 6.60. The molecular weight excluding hydrogens is 319 g/mol. The van der Waals surface area contributed by atoms with Gasteiger partial charge in [0.2, 0.25) is 0 Å². The van der Waals surface area contributed by atoms with Crippen molar-refractivity contribution in [2.24, 2.45) is 0 Å². The Morgan fingerprint density at radius 1 is 1.05 bits per heavy atom. The third-order valence-electron chi connectivity index (χ3n) is 3.15. The largest absolute Gasteiger partial charge is 0.497 e. The molecule has 0 aromatic heterocycles. The first-order valence-electron chi connectivity index (χ1n) is 6.13. The molecule has 6 heteroatoms. The van der Waals surface area contributed by atoms with Gasteiger partial charge in [-0.1, -0.05) is 29.3 Å². The molecule has 0 heterocycles. The Morgan fingerprint density at radius 3 is 2.00 bits per heavy atom. The summed E-state index contributed by atoms with van der Waals surface area (Å²) in [5.74, 6) is -1.36. The molecule has 0 amide bonds. The molecule has 2 aromatic carbocycles. The van der Waals surface area contributed by atoms with E-state index in [4.69, 9.17) is 27.9 Å². The molecule has 1 N–H and O–H groups in total. The molecule has 0 aliphatic rings. The van der Waals surface area contributed by atoms with Crippen molar-refractivity contribution in [3.63, 3.8) is 0 Å². The second-order valence-corrected chi connectivity index (χ2v) is 5.18. The third kappa shape index (κ3) is 3.12. The summed E-state index contributed by atoms with van der Waals surface area (Å²) in [6, 6.07) is 6.33. The van der Waals surface area contributed by atoms with Crippen molar-refractivity contribution in [2.45, 2.75) is 6.04 Å². The SMILES string of the molecule is CNC(c1c(F)cc(OC)cc1F)c1c(Cl)cccc1Cl. The Kier molecular flexibility index (Phi) is 5.04. The zero-order chi connectivity index (χ0) is 15.6. The van der Waals surface area contributed by atoms with Crippen LogP contribution in [0.4, 0.5) is 8.78 Å². The van der Waals surface area contributed by atoms with Gasteiger partial charge in [0.05, 0.1) is 13.2 Å². The van der Waals surface area contributed by atoms with Crippen molar-refractivity contribution < 1.29 is 13.5 Å². The van der Waals surface area contributed by atoms with Crippen LogP contribution in [0.1, 0.15) is 17.2 Å². The Hall–Kier alpha value is -1.36. The molecule has 2 aromatic rings. The predicted octanol–water partition coefficient (Wildman–Crippen LogP) is 4.59. The molecule has 21 heavy (non-hydrogen) atoms. The van der Waals surface area contributed by atoms with Crippen LogP contribution in [-0.2, 0) is 0 Å². The number of nitrogens with one attached hydrogen (secondary N) is 1. The lowest BCUT2D eigenvalue weighted by Gasteiger charge is -2.21. The van der Waals surface area contributed by atoms with Crippen LogP contribution in [0.25, 0.3) is 0 Å². The van der Waals surface area contributed by atoms with Gasteiger partial charge in [0.1, 0.15) is 17.4 Å². The molecule has 2 rings (SSSR count). The van der Waals surface area contributed by atoms with Crippen molar-refractivity contribution in [2.75, 3.05) is 14.2 Å². The van der Waals surface area contributed by atoms with Gasteiger partial charge in [-0.05, 0) is 19.2 Å². The first-order valence-corrected chi connectivity index (χ1v) is 6.89. The summed E-state index contributed by atoms with van der Waals surface area (Å²) in [5.41, 5.74) is 0.264. The van der Waals surface area contributed by atoms with Gasteiger partial charge in [0.15, 0.2) is 0 Å². The van der Waals surface area contributed by atoms with E-state index in [2.05, 4.69) is 5.32 Å². The monoisotopic (exact) mass is 331 g/mol. The minimum atomic E-state index is -0.808. The number of hydrogen-bond donors (Lipinski definition) is 1. The highest BCUT2D eigenvalue weighted by Crippen LogP contribution is 2.36. The third-order valence-corrected chi connectivity index (χ3v) is 3.81. The quantitative estimate of drug-likeness (QED) is 0.884. The van der Waals surface area contributed by atoms with Crippen LogP contribution in [0, 0.1) is 11.6 Å². The first kappa shape index (κ1) is 16.0. The van der Waals surface area contributed by atoms with Crippen molar-refractivity contribution in [3.05, 3.63) is 63.1 Å². The van der Waals surface area contributed by atoms with Crippen molar-refractivity contribution in [3.8, 4) is 5.75 Å². The normalized spacial score (nSPS) is 12.3. The van der Waals surface area contributed by atoms with E-state index >= 15 is 0 Å². The lowest BCUT2D eigenvalue weighted by molar-refractivity contribution is 0.403. The van der Waals surface area contributed by atoms with Gasteiger partial charge in [-0.15, -0.1) is 0 Å². The number of ether oxygens (including phenoxy) is 1. The second-order valence-electron chi connectivity index (χ2n) is 4.36. The summed E-state index contributed by atoms with van der Waals surface area (Å²) in [4.78, 5) is 0. The van der Waals surface area contributed by atoms with Gasteiger partial charge >= 0.3 is 0 Å². The molecule has 112 valence electrons. The van der Waals surface area contributed by atoms with Gasteiger partial charge in [-0.2, -0.15) is 0 Å². The minimum absolute atomic E-state index is 0.105. The van der Waals surface area contributed by atoms with E-state index in [9.17, 15) is 8.78 Å². The number of benzene rings is 2. The molecule has 1 unspecified atom stereocenters. The van der Waals surface area contributed by atoms with Gasteiger partial charge in [-0.3, -0.25) is 0 Å². The highest BCUT2D eigenvalue weighted by molar-refractivity contribution is 6.36. The molecular formula is C15H13Cl2F2NO. The number of hydrogen-bond acceptors (Lipinski definition) is 2. The topological polar surface area (TPSA) is 21.3 Å². The van der Waals surface area contributed by atoms with Gasteiger partial charge < -0.3 is 10.1 Å². The summed E-state index contributed by atoms with van der Waals surface area (Å²) in [7, 11) is 2.92. The van der Waals surface area contributed by atoms with E-state index in [1.54, 1.807) is 25.2 Å². The fraction of sp³-hybridized carbons (Fsp3) is 0.200. The Bertz CT molecular complexity index is 621. The zero-order valence-corrected chi connectivity index (χ0v) is 12.9. The van der Waals surface area contributed by atoms with Crippen molar-refractivity contribution in [1.29, 1.82) is 0 Å². The fourth-order valence-corrected chi connectivity index (χ4v) is 2.79. The standard InChI is InChI=1S/C15H13Cl2F2NO/c1-20-15(13-9(16)4-3-5-10(13)17)14-11(18)6-8(21-2)7-12(14)19/h3-7,15,20H,1-2H3. The molecule has 2 nitrogen and oxygen atoms in total. The zero-order valence-electron chi connectivity index (χ0n) is 11.4. The molecule has 1 atom stereocenters. The first-order chi connectivity index (χ1) is 9.99. The minimum Gasteiger partial charge on any atom is -0.497 e. The van der Waals surface area contributed by atoms with E-state index in [0.29, 0.717) is 15.6 Å². The summed E-state index contributed by atoms with van der Waals surface area (Å²) in [6.07, 6.45) is 0. The van der Waals surface area contributed by atoms with Crippen LogP contribution >= 0.6 is 23.2 Å². The lowest BCUT2D eigenvalue weighted by Crippen LogP contribution is -2.21. The average molecular weight is 332 g/mol. The Morgan fingerprint density at radius 2 is 1.57 bits per heavy atom. The van der Waals surface area contributed by atoms with Crippen LogP contribution in [0.15, 0.2) is 30.3 Å². The van der Waals surface area contributed by atoms with Crippen LogP contribution in [0.2, 0.25) is 10.0 Å². The predicted molar refractivity (Wildman–Crippen MR) is 80.3 cm³/mol. The molecule has 0 radical (unpaired) electrons. The van der Waals surface area contributed by atoms with E-state index in [1.165, 1.54) is 7.11 Å². The highest BCUT2D eigenvalue weighted by atomic mass is 35.5. The molecule has 0 aliphatic carbocycles. The van der Waals surface area contributed by atoms with Crippen LogP contribution in [-0.4, -0.2) is 14.2 Å². The van der Waals surface area contributed by atoms with E-state index in [1.807, 2.05) is 0 Å². The molecule has 0 saturated heterocycles. The van der Waals surface area contributed by atoms with Crippen LogP contribution in [0.5, 0.6) is 5.75 Å². The van der Waals surface area contributed by atoms with Crippen molar-refractivity contribution in [1.82, 2.24) is 5.32 Å². The summed E-state index contributed by atoms with van der Waals surface area (Å²) >= 11 is 12.2. The van der Waals surface area contributed by atoms with Gasteiger partial charge in [0, 0.05) is 33.3 Å². The summed E-state index contributed by atoms with van der Waals surface area (Å²) in [6.45, 7) is 0. The van der Waals surface area contributed by atoms with Crippen molar-refractivity contribution >= 4 is 23.2 Å². The maximum Gasteiger partial charge on any atom is 0.134 e. The molecule has 0 saturated carbocycles. The average Bonchev–Trinajstić information content (AvgIpc) is 2.44. The molecule has 0 spiro atoms. The molecule has 0 fully saturated rings. The van der Waals surface area contributed by atoms with E-state index < -0.39 is 17.7 Å². The Balaban J connectivity index is 2.62. The molecule has 0 aliphatic heterocycles. The van der Waals surface area contributed by atoms with Crippen LogP contribution < -0.4 is 10.1 Å². The highest BCUT2D eigenvalue weighted by Gasteiger charge is 2.25. The maximum atomic E-state index is 14.2.